The molecule has 0 aromatic heterocycles. The Balaban J connectivity index is 2.23. The molecule has 88 valence electrons. The van der Waals surface area contributed by atoms with Gasteiger partial charge in [0.1, 0.15) is 12.3 Å². The Hall–Kier alpha value is -1.45. The molecule has 0 fully saturated rings. The van der Waals surface area contributed by atoms with Crippen molar-refractivity contribution in [1.29, 1.82) is 0 Å². The van der Waals surface area contributed by atoms with Crippen LogP contribution in [0.4, 0.5) is 0 Å². The summed E-state index contributed by atoms with van der Waals surface area (Å²) >= 11 is 1.69. The number of rotatable bonds is 4. The Morgan fingerprint density at radius 1 is 1.12 bits per heavy atom. The third-order valence-corrected chi connectivity index (χ3v) is 3.55. The van der Waals surface area contributed by atoms with Crippen LogP contribution in [0.25, 0.3) is 0 Å². The summed E-state index contributed by atoms with van der Waals surface area (Å²) in [6.45, 7) is 0.974. The van der Waals surface area contributed by atoms with Crippen molar-refractivity contribution in [2.24, 2.45) is 0 Å². The molecule has 0 spiro atoms. The first-order chi connectivity index (χ1) is 8.29. The van der Waals surface area contributed by atoms with Crippen molar-refractivity contribution >= 4 is 11.8 Å². The van der Waals surface area contributed by atoms with Gasteiger partial charge in [0.15, 0.2) is 0 Å². The summed E-state index contributed by atoms with van der Waals surface area (Å²) in [5.41, 5.74) is 1.32. The summed E-state index contributed by atoms with van der Waals surface area (Å²) in [7, 11) is 2.07. The molecular weight excluding hydrogens is 230 g/mol. The average molecular weight is 246 g/mol. The van der Waals surface area contributed by atoms with Gasteiger partial charge in [-0.05, 0) is 24.3 Å². The van der Waals surface area contributed by atoms with E-state index < -0.39 is 0 Å². The van der Waals surface area contributed by atoms with E-state index in [1.807, 2.05) is 18.2 Å². The van der Waals surface area contributed by atoms with Crippen molar-refractivity contribution < 1.29 is 10.4 Å². The zero-order valence-corrected chi connectivity index (χ0v) is 10.6. The number of hydrogen-bond acceptors (Lipinski definition) is 2. The number of hydrogen-bond donors (Lipinski definition) is 2. The molecule has 0 aliphatic heterocycles. The molecule has 0 bridgehead atoms. The number of phenolic OH excluding ortho intramolecular Hbond substituents is 1. The standard InChI is InChI=1S/C14H15NOS/c1-15-10-11-5-2-3-8-14(11)17-13-7-4-6-12(16)9-13/h2-9,15-16H,10H2,1H3/p+1. The van der Waals surface area contributed by atoms with Crippen LogP contribution < -0.4 is 5.32 Å². The first-order valence-electron chi connectivity index (χ1n) is 5.62. The fourth-order valence-electron chi connectivity index (χ4n) is 1.67. The Kier molecular flexibility index (Phi) is 4.07. The molecule has 3 N–H and O–H groups in total. The number of quaternary nitrogens is 1. The SMILES string of the molecule is C[NH2+]Cc1ccccc1Sc1cccc(O)c1. The molecule has 2 aromatic carbocycles. The summed E-state index contributed by atoms with van der Waals surface area (Å²) in [6, 6.07) is 15.7. The van der Waals surface area contributed by atoms with E-state index in [9.17, 15) is 5.11 Å². The van der Waals surface area contributed by atoms with E-state index in [0.717, 1.165) is 11.4 Å². The summed E-state index contributed by atoms with van der Waals surface area (Å²) in [6.07, 6.45) is 0. The van der Waals surface area contributed by atoms with Gasteiger partial charge in [-0.15, -0.1) is 0 Å². The Morgan fingerprint density at radius 2 is 1.94 bits per heavy atom. The fraction of sp³-hybridized carbons (Fsp3) is 0.143. The van der Waals surface area contributed by atoms with E-state index >= 15 is 0 Å². The van der Waals surface area contributed by atoms with Crippen LogP contribution in [0.5, 0.6) is 5.75 Å². The quantitative estimate of drug-likeness (QED) is 0.868. The third-order valence-electron chi connectivity index (χ3n) is 2.44. The smallest absolute Gasteiger partial charge is 0.116 e. The van der Waals surface area contributed by atoms with Crippen LogP contribution in [0.1, 0.15) is 5.56 Å². The number of benzene rings is 2. The van der Waals surface area contributed by atoms with Gasteiger partial charge in [0.2, 0.25) is 0 Å². The lowest BCUT2D eigenvalue weighted by Crippen LogP contribution is -2.77. The highest BCUT2D eigenvalue weighted by Crippen LogP contribution is 2.31. The zero-order chi connectivity index (χ0) is 12.1. The predicted molar refractivity (Wildman–Crippen MR) is 70.2 cm³/mol. The predicted octanol–water partition coefficient (Wildman–Crippen LogP) is 2.24. The molecule has 0 aliphatic carbocycles. The van der Waals surface area contributed by atoms with Crippen LogP contribution in [0.2, 0.25) is 0 Å². The lowest BCUT2D eigenvalue weighted by molar-refractivity contribution is -0.643. The van der Waals surface area contributed by atoms with Crippen LogP contribution in [0.15, 0.2) is 58.3 Å². The molecule has 0 atom stereocenters. The second-order valence-corrected chi connectivity index (χ2v) is 4.93. The minimum Gasteiger partial charge on any atom is -0.508 e. The molecule has 0 amide bonds. The largest absolute Gasteiger partial charge is 0.508 e. The van der Waals surface area contributed by atoms with Crippen molar-refractivity contribution in [2.45, 2.75) is 16.3 Å². The first kappa shape index (κ1) is 12.0. The number of aromatic hydroxyl groups is 1. The van der Waals surface area contributed by atoms with Crippen molar-refractivity contribution in [2.75, 3.05) is 7.05 Å². The lowest BCUT2D eigenvalue weighted by Gasteiger charge is -2.07. The van der Waals surface area contributed by atoms with Crippen molar-refractivity contribution in [3.63, 3.8) is 0 Å². The van der Waals surface area contributed by atoms with Crippen LogP contribution >= 0.6 is 11.8 Å². The van der Waals surface area contributed by atoms with E-state index in [1.165, 1.54) is 10.5 Å². The molecule has 2 aromatic rings. The molecule has 0 unspecified atom stereocenters. The summed E-state index contributed by atoms with van der Waals surface area (Å²) in [5, 5.41) is 11.6. The second kappa shape index (κ2) is 5.75. The van der Waals surface area contributed by atoms with Gasteiger partial charge < -0.3 is 10.4 Å². The molecule has 0 saturated carbocycles. The van der Waals surface area contributed by atoms with Gasteiger partial charge in [-0.25, -0.2) is 0 Å². The van der Waals surface area contributed by atoms with E-state index in [-0.39, 0.29) is 0 Å². The maximum absolute atomic E-state index is 9.44. The molecule has 3 heteroatoms. The number of nitrogens with two attached hydrogens (primary N) is 1. The minimum absolute atomic E-state index is 0.314. The molecular formula is C14H16NOS+. The van der Waals surface area contributed by atoms with Crippen LogP contribution in [0, 0.1) is 0 Å². The van der Waals surface area contributed by atoms with Crippen LogP contribution in [-0.4, -0.2) is 12.2 Å². The van der Waals surface area contributed by atoms with E-state index in [4.69, 9.17) is 0 Å². The summed E-state index contributed by atoms with van der Waals surface area (Å²) in [4.78, 5) is 2.31. The second-order valence-electron chi connectivity index (χ2n) is 3.82. The Morgan fingerprint density at radius 3 is 2.71 bits per heavy atom. The molecule has 2 rings (SSSR count). The van der Waals surface area contributed by atoms with Crippen molar-refractivity contribution in [3.8, 4) is 5.75 Å². The van der Waals surface area contributed by atoms with Gasteiger partial charge in [0, 0.05) is 15.4 Å². The van der Waals surface area contributed by atoms with Gasteiger partial charge in [-0.2, -0.15) is 0 Å². The molecule has 0 aliphatic rings. The molecule has 0 heterocycles. The maximum atomic E-state index is 9.44. The highest BCUT2D eigenvalue weighted by atomic mass is 32.2. The number of phenols is 1. The van der Waals surface area contributed by atoms with Gasteiger partial charge in [0.25, 0.3) is 0 Å². The summed E-state index contributed by atoms with van der Waals surface area (Å²) < 4.78 is 0. The Bertz CT molecular complexity index is 499. The van der Waals surface area contributed by atoms with Gasteiger partial charge >= 0.3 is 0 Å². The molecule has 2 nitrogen and oxygen atoms in total. The fourth-order valence-corrected chi connectivity index (χ4v) is 2.68. The Labute approximate surface area is 106 Å². The maximum Gasteiger partial charge on any atom is 0.116 e. The summed E-state index contributed by atoms with van der Waals surface area (Å²) in [5.74, 6) is 0.314. The molecule has 0 saturated heterocycles. The minimum atomic E-state index is 0.314. The van der Waals surface area contributed by atoms with Gasteiger partial charge in [0.05, 0.1) is 7.05 Å². The van der Waals surface area contributed by atoms with E-state index in [0.29, 0.717) is 5.75 Å². The zero-order valence-electron chi connectivity index (χ0n) is 9.76. The van der Waals surface area contributed by atoms with Gasteiger partial charge in [-0.1, -0.05) is 36.0 Å². The normalized spacial score (nSPS) is 10.4. The van der Waals surface area contributed by atoms with E-state index in [1.54, 1.807) is 23.9 Å². The van der Waals surface area contributed by atoms with Crippen LogP contribution in [0.3, 0.4) is 0 Å². The molecule has 17 heavy (non-hydrogen) atoms. The van der Waals surface area contributed by atoms with E-state index in [2.05, 4.69) is 30.6 Å². The lowest BCUT2D eigenvalue weighted by atomic mass is 10.2. The third kappa shape index (κ3) is 3.25. The van der Waals surface area contributed by atoms with Crippen molar-refractivity contribution in [3.05, 3.63) is 54.1 Å². The van der Waals surface area contributed by atoms with Crippen LogP contribution in [-0.2, 0) is 6.54 Å². The monoisotopic (exact) mass is 246 g/mol. The topological polar surface area (TPSA) is 36.8 Å². The first-order valence-corrected chi connectivity index (χ1v) is 6.44. The van der Waals surface area contributed by atoms with Gasteiger partial charge in [-0.3, -0.25) is 0 Å². The highest BCUT2D eigenvalue weighted by Gasteiger charge is 2.04. The molecule has 0 radical (unpaired) electrons. The highest BCUT2D eigenvalue weighted by molar-refractivity contribution is 7.99. The van der Waals surface area contributed by atoms with Crippen molar-refractivity contribution in [1.82, 2.24) is 0 Å². The average Bonchev–Trinajstić information content (AvgIpc) is 2.32.